The molecule has 0 bridgehead atoms. The minimum atomic E-state index is -0.823. The molecule has 1 aliphatic heterocycles. The number of benzene rings is 1. The van der Waals surface area contributed by atoms with Gasteiger partial charge < -0.3 is 20.6 Å². The minimum absolute atomic E-state index is 0.0898. The largest absolute Gasteiger partial charge is 0.481 e. The Morgan fingerprint density at radius 2 is 1.86 bits per heavy atom. The lowest BCUT2D eigenvalue weighted by Crippen LogP contribution is -2.48. The van der Waals surface area contributed by atoms with Crippen molar-refractivity contribution in [2.45, 2.75) is 40.0 Å². The summed E-state index contributed by atoms with van der Waals surface area (Å²) in [4.78, 5) is 37.5. The maximum Gasteiger partial charge on any atom is 0.317 e. The van der Waals surface area contributed by atoms with E-state index in [1.807, 2.05) is 26.0 Å². The van der Waals surface area contributed by atoms with Crippen LogP contribution >= 0.6 is 0 Å². The predicted octanol–water partition coefficient (Wildman–Crippen LogP) is 2.97. The molecular formula is C21H31N3O4. The molecule has 1 aliphatic rings. The van der Waals surface area contributed by atoms with Crippen molar-refractivity contribution in [3.05, 3.63) is 29.8 Å². The molecule has 2 atom stereocenters. The highest BCUT2D eigenvalue weighted by molar-refractivity contribution is 5.93. The van der Waals surface area contributed by atoms with Gasteiger partial charge >= 0.3 is 12.0 Å². The van der Waals surface area contributed by atoms with Crippen LogP contribution in [0.1, 0.15) is 39.2 Å². The zero-order valence-corrected chi connectivity index (χ0v) is 16.9. The Morgan fingerprint density at radius 3 is 2.46 bits per heavy atom. The van der Waals surface area contributed by atoms with Crippen molar-refractivity contribution in [3.8, 4) is 0 Å². The van der Waals surface area contributed by atoms with Gasteiger partial charge in [-0.2, -0.15) is 0 Å². The van der Waals surface area contributed by atoms with E-state index < -0.39 is 11.9 Å². The number of urea groups is 1. The summed E-state index contributed by atoms with van der Waals surface area (Å²) in [5.41, 5.74) is 1.59. The molecule has 0 aromatic heterocycles. The summed E-state index contributed by atoms with van der Waals surface area (Å²) in [7, 11) is 0. The number of carbonyl (C=O) groups excluding carboxylic acids is 2. The maximum absolute atomic E-state index is 12.6. The number of rotatable bonds is 7. The number of nitrogens with zero attached hydrogens (tertiary/aromatic N) is 1. The first-order chi connectivity index (χ1) is 13.3. The van der Waals surface area contributed by atoms with Gasteiger partial charge in [0.05, 0.1) is 11.8 Å². The smallest absolute Gasteiger partial charge is 0.317 e. The predicted molar refractivity (Wildman–Crippen MR) is 108 cm³/mol. The number of aliphatic carboxylic acids is 1. The average molecular weight is 389 g/mol. The lowest BCUT2D eigenvalue weighted by molar-refractivity contribution is -0.141. The molecule has 1 aromatic carbocycles. The van der Waals surface area contributed by atoms with E-state index in [0.29, 0.717) is 37.7 Å². The Labute approximate surface area is 166 Å². The maximum atomic E-state index is 12.6. The van der Waals surface area contributed by atoms with Crippen molar-refractivity contribution in [3.63, 3.8) is 0 Å². The molecule has 3 amide bonds. The lowest BCUT2D eigenvalue weighted by atomic mass is 9.97. The summed E-state index contributed by atoms with van der Waals surface area (Å²) < 4.78 is 0. The van der Waals surface area contributed by atoms with Crippen LogP contribution in [-0.2, 0) is 16.0 Å². The van der Waals surface area contributed by atoms with Crippen molar-refractivity contribution < 1.29 is 19.5 Å². The van der Waals surface area contributed by atoms with Gasteiger partial charge in [-0.25, -0.2) is 4.79 Å². The van der Waals surface area contributed by atoms with E-state index in [4.69, 9.17) is 5.11 Å². The van der Waals surface area contributed by atoms with Crippen molar-refractivity contribution in [2.75, 3.05) is 25.0 Å². The van der Waals surface area contributed by atoms with Crippen LogP contribution in [0.25, 0.3) is 0 Å². The summed E-state index contributed by atoms with van der Waals surface area (Å²) in [6.07, 6.45) is 2.01. The number of carbonyl (C=O) groups is 3. The highest BCUT2D eigenvalue weighted by atomic mass is 16.4. The monoisotopic (exact) mass is 389 g/mol. The first kappa shape index (κ1) is 21.7. The first-order valence-corrected chi connectivity index (χ1v) is 9.91. The van der Waals surface area contributed by atoms with Gasteiger partial charge in [0, 0.05) is 25.3 Å². The van der Waals surface area contributed by atoms with Crippen LogP contribution in [0.4, 0.5) is 10.5 Å². The van der Waals surface area contributed by atoms with E-state index in [-0.39, 0.29) is 17.9 Å². The molecule has 7 nitrogen and oxygen atoms in total. The second kappa shape index (κ2) is 10.1. The Kier molecular flexibility index (Phi) is 7.84. The molecule has 0 spiro atoms. The third-order valence-electron chi connectivity index (χ3n) is 4.93. The molecule has 0 saturated carbocycles. The molecule has 1 saturated heterocycles. The van der Waals surface area contributed by atoms with Crippen LogP contribution in [0.5, 0.6) is 0 Å². The van der Waals surface area contributed by atoms with E-state index in [1.165, 1.54) is 0 Å². The number of amides is 3. The average Bonchev–Trinajstić information content (AvgIpc) is 2.67. The van der Waals surface area contributed by atoms with Gasteiger partial charge in [-0.15, -0.1) is 0 Å². The Bertz CT molecular complexity index is 687. The van der Waals surface area contributed by atoms with Crippen molar-refractivity contribution in [1.82, 2.24) is 10.2 Å². The number of nitrogens with one attached hydrogen (secondary N) is 2. The van der Waals surface area contributed by atoms with Crippen LogP contribution in [0.3, 0.4) is 0 Å². The zero-order chi connectivity index (χ0) is 20.7. The SMILES string of the molecule is CC(C)CNC(=O)N1CCCC(C(=O)Nc2ccc(CC(C)C(=O)O)cc2)C1. The molecular weight excluding hydrogens is 358 g/mol. The fourth-order valence-corrected chi connectivity index (χ4v) is 3.19. The Hall–Kier alpha value is -2.57. The van der Waals surface area contributed by atoms with Gasteiger partial charge in [0.2, 0.25) is 5.91 Å². The molecule has 0 radical (unpaired) electrons. The molecule has 154 valence electrons. The molecule has 1 fully saturated rings. The van der Waals surface area contributed by atoms with Crippen LogP contribution < -0.4 is 10.6 Å². The highest BCUT2D eigenvalue weighted by Gasteiger charge is 2.28. The summed E-state index contributed by atoms with van der Waals surface area (Å²) in [5.74, 6) is -1.21. The highest BCUT2D eigenvalue weighted by Crippen LogP contribution is 2.20. The molecule has 3 N–H and O–H groups in total. The first-order valence-electron chi connectivity index (χ1n) is 9.91. The van der Waals surface area contributed by atoms with E-state index in [2.05, 4.69) is 10.6 Å². The van der Waals surface area contributed by atoms with Crippen molar-refractivity contribution in [1.29, 1.82) is 0 Å². The topological polar surface area (TPSA) is 98.7 Å². The molecule has 28 heavy (non-hydrogen) atoms. The number of hydrogen-bond donors (Lipinski definition) is 3. The number of carboxylic acids is 1. The fourth-order valence-electron chi connectivity index (χ4n) is 3.19. The van der Waals surface area contributed by atoms with Crippen LogP contribution in [-0.4, -0.2) is 47.5 Å². The van der Waals surface area contributed by atoms with Gasteiger partial charge in [-0.3, -0.25) is 9.59 Å². The molecule has 1 aromatic rings. The number of carboxylic acid groups (broad SMARTS) is 1. The Morgan fingerprint density at radius 1 is 1.18 bits per heavy atom. The number of anilines is 1. The normalized spacial score (nSPS) is 17.9. The van der Waals surface area contributed by atoms with Gasteiger partial charge in [0.15, 0.2) is 0 Å². The van der Waals surface area contributed by atoms with Gasteiger partial charge in [0.25, 0.3) is 0 Å². The summed E-state index contributed by atoms with van der Waals surface area (Å²) in [5, 5.41) is 14.8. The summed E-state index contributed by atoms with van der Waals surface area (Å²) in [6.45, 7) is 7.47. The van der Waals surface area contributed by atoms with Crippen molar-refractivity contribution in [2.24, 2.45) is 17.8 Å². The number of piperidine rings is 1. The van der Waals surface area contributed by atoms with Crippen molar-refractivity contribution >= 4 is 23.6 Å². The summed E-state index contributed by atoms with van der Waals surface area (Å²) in [6, 6.07) is 7.14. The second-order valence-electron chi connectivity index (χ2n) is 7.99. The van der Waals surface area contributed by atoms with Crippen LogP contribution in [0.2, 0.25) is 0 Å². The second-order valence-corrected chi connectivity index (χ2v) is 7.99. The van der Waals surface area contributed by atoms with E-state index >= 15 is 0 Å². The van der Waals surface area contributed by atoms with Crippen LogP contribution in [0.15, 0.2) is 24.3 Å². The molecule has 0 aliphatic carbocycles. The third kappa shape index (κ3) is 6.55. The lowest BCUT2D eigenvalue weighted by Gasteiger charge is -2.32. The fraction of sp³-hybridized carbons (Fsp3) is 0.571. The van der Waals surface area contributed by atoms with Crippen LogP contribution in [0, 0.1) is 17.8 Å². The number of hydrogen-bond acceptors (Lipinski definition) is 3. The molecule has 7 heteroatoms. The van der Waals surface area contributed by atoms with E-state index in [9.17, 15) is 14.4 Å². The Balaban J connectivity index is 1.88. The third-order valence-corrected chi connectivity index (χ3v) is 4.93. The minimum Gasteiger partial charge on any atom is -0.481 e. The number of likely N-dealkylation sites (tertiary alicyclic amines) is 1. The molecule has 2 unspecified atom stereocenters. The quantitative estimate of drug-likeness (QED) is 0.668. The van der Waals surface area contributed by atoms with Gasteiger partial charge in [0.1, 0.15) is 0 Å². The van der Waals surface area contributed by atoms with E-state index in [0.717, 1.165) is 18.4 Å². The molecule has 2 rings (SSSR count). The standard InChI is InChI=1S/C21H31N3O4/c1-14(2)12-22-21(28)24-10-4-5-17(13-24)19(25)23-18-8-6-16(7-9-18)11-15(3)20(26)27/h6-9,14-15,17H,4-5,10-13H2,1-3H3,(H,22,28)(H,23,25)(H,26,27). The van der Waals surface area contributed by atoms with Gasteiger partial charge in [-0.05, 0) is 42.9 Å². The summed E-state index contributed by atoms with van der Waals surface area (Å²) >= 11 is 0. The van der Waals surface area contributed by atoms with Gasteiger partial charge in [-0.1, -0.05) is 32.9 Å². The zero-order valence-electron chi connectivity index (χ0n) is 16.9. The molecule has 1 heterocycles. The van der Waals surface area contributed by atoms with E-state index in [1.54, 1.807) is 24.0 Å².